The van der Waals surface area contributed by atoms with Crippen LogP contribution < -0.4 is 25.4 Å². The van der Waals surface area contributed by atoms with E-state index in [0.29, 0.717) is 36.0 Å². The van der Waals surface area contributed by atoms with Crippen molar-refractivity contribution in [2.75, 3.05) is 51.1 Å². The molecule has 0 aromatic heterocycles. The number of rotatable bonds is 8. The molecule has 0 unspecified atom stereocenters. The number of benzene rings is 2. The average molecular weight is 682 g/mol. The lowest BCUT2D eigenvalue weighted by Crippen LogP contribution is -2.50. The molecule has 12 nitrogen and oxygen atoms in total. The molecular formula is C37H55N5O7. The summed E-state index contributed by atoms with van der Waals surface area (Å²) in [5.74, 6) is 0.566. The van der Waals surface area contributed by atoms with Crippen molar-refractivity contribution < 1.29 is 33.7 Å². The highest BCUT2D eigenvalue weighted by Gasteiger charge is 2.31. The van der Waals surface area contributed by atoms with Gasteiger partial charge in [-0.1, -0.05) is 26.2 Å². The number of likely N-dealkylation sites (N-methyl/N-ethyl adjacent to an activating group) is 1. The first-order valence-electron chi connectivity index (χ1n) is 17.7. The van der Waals surface area contributed by atoms with E-state index in [-0.39, 0.29) is 54.8 Å². The Bertz CT molecular complexity index is 1370. The second-order valence-electron chi connectivity index (χ2n) is 13.5. The lowest BCUT2D eigenvalue weighted by molar-refractivity contribution is -0.0123. The topological polar surface area (TPSA) is 142 Å². The van der Waals surface area contributed by atoms with Crippen molar-refractivity contribution in [1.29, 1.82) is 0 Å². The van der Waals surface area contributed by atoms with Crippen molar-refractivity contribution in [1.82, 2.24) is 15.1 Å². The molecule has 2 aliphatic rings. The van der Waals surface area contributed by atoms with Gasteiger partial charge in [-0.25, -0.2) is 9.59 Å². The normalized spacial score (nSPS) is 21.7. The number of nitrogens with one attached hydrogen (secondary N) is 3. The van der Waals surface area contributed by atoms with E-state index in [0.717, 1.165) is 44.9 Å². The third kappa shape index (κ3) is 11.3. The van der Waals surface area contributed by atoms with Gasteiger partial charge in [0.1, 0.15) is 11.5 Å². The zero-order valence-electron chi connectivity index (χ0n) is 29.7. The van der Waals surface area contributed by atoms with Gasteiger partial charge >= 0.3 is 12.1 Å². The Balaban J connectivity index is 1.55. The van der Waals surface area contributed by atoms with Gasteiger partial charge in [-0.3, -0.25) is 4.79 Å². The third-order valence-electron chi connectivity index (χ3n) is 9.39. The number of aliphatic hydroxyl groups is 1. The molecule has 0 spiro atoms. The number of methoxy groups -OCH3 is 1. The zero-order valence-corrected chi connectivity index (χ0v) is 29.7. The molecule has 2 aromatic carbocycles. The molecule has 1 aliphatic heterocycles. The lowest BCUT2D eigenvalue weighted by atomic mass is 9.96. The van der Waals surface area contributed by atoms with Crippen molar-refractivity contribution in [3.63, 3.8) is 0 Å². The number of aliphatic hydroxyl groups excluding tert-OH is 1. The van der Waals surface area contributed by atoms with Crippen LogP contribution in [0.3, 0.4) is 0 Å². The zero-order chi connectivity index (χ0) is 35.3. The van der Waals surface area contributed by atoms with Gasteiger partial charge in [-0.05, 0) is 88.4 Å². The molecule has 4 rings (SSSR count). The summed E-state index contributed by atoms with van der Waals surface area (Å²) in [6, 6.07) is 11.1. The molecule has 5 amide bonds. The molecule has 0 saturated heterocycles. The lowest BCUT2D eigenvalue weighted by Gasteiger charge is -2.36. The molecule has 2 aromatic rings. The van der Waals surface area contributed by atoms with Crippen molar-refractivity contribution in [3.05, 3.63) is 48.0 Å². The summed E-state index contributed by atoms with van der Waals surface area (Å²) in [4.78, 5) is 43.7. The Hall–Kier alpha value is -4.03. The van der Waals surface area contributed by atoms with Gasteiger partial charge in [-0.2, -0.15) is 0 Å². The van der Waals surface area contributed by atoms with Crippen molar-refractivity contribution >= 4 is 29.3 Å². The summed E-state index contributed by atoms with van der Waals surface area (Å²) in [6.07, 6.45) is 7.39. The number of carbonyl (C=O) groups excluding carboxylic acids is 3. The van der Waals surface area contributed by atoms with E-state index in [4.69, 9.17) is 14.2 Å². The third-order valence-corrected chi connectivity index (χ3v) is 9.39. The fourth-order valence-electron chi connectivity index (χ4n) is 6.32. The molecule has 4 atom stereocenters. The quantitative estimate of drug-likeness (QED) is 0.264. The van der Waals surface area contributed by atoms with Crippen LogP contribution in [0, 0.1) is 5.92 Å². The number of carbonyl (C=O) groups is 3. The van der Waals surface area contributed by atoms with Gasteiger partial charge in [0, 0.05) is 50.1 Å². The van der Waals surface area contributed by atoms with Gasteiger partial charge in [-0.15, -0.1) is 0 Å². The number of urea groups is 2. The molecule has 1 aliphatic carbocycles. The predicted molar refractivity (Wildman–Crippen MR) is 191 cm³/mol. The van der Waals surface area contributed by atoms with Gasteiger partial charge in [0.15, 0.2) is 0 Å². The van der Waals surface area contributed by atoms with Crippen LogP contribution in [0.15, 0.2) is 42.5 Å². The number of fused-ring (bicyclic) bond motifs is 1. The summed E-state index contributed by atoms with van der Waals surface area (Å²) in [5.41, 5.74) is 1.27. The maximum Gasteiger partial charge on any atom is 0.323 e. The summed E-state index contributed by atoms with van der Waals surface area (Å²) in [6.45, 7) is 6.68. The smallest absolute Gasteiger partial charge is 0.323 e. The van der Waals surface area contributed by atoms with Crippen molar-refractivity contribution in [2.45, 2.75) is 96.4 Å². The number of nitrogens with zero attached hydrogens (tertiary/aromatic N) is 2. The molecule has 270 valence electrons. The first-order valence-corrected chi connectivity index (χ1v) is 17.7. The Kier molecular flexibility index (Phi) is 14.4. The highest BCUT2D eigenvalue weighted by atomic mass is 16.5. The minimum atomic E-state index is -0.518. The van der Waals surface area contributed by atoms with E-state index in [1.807, 2.05) is 13.8 Å². The molecule has 49 heavy (non-hydrogen) atoms. The molecule has 1 saturated carbocycles. The van der Waals surface area contributed by atoms with E-state index >= 15 is 0 Å². The predicted octanol–water partition coefficient (Wildman–Crippen LogP) is 6.11. The molecular weight excluding hydrogens is 626 g/mol. The Morgan fingerprint density at radius 2 is 1.67 bits per heavy atom. The number of hydrogen-bond donors (Lipinski definition) is 4. The van der Waals surface area contributed by atoms with Gasteiger partial charge in [0.25, 0.3) is 5.91 Å². The minimum absolute atomic E-state index is 0.116. The molecule has 4 N–H and O–H groups in total. The number of ether oxygens (including phenoxy) is 3. The molecule has 1 fully saturated rings. The van der Waals surface area contributed by atoms with Crippen LogP contribution in [0.5, 0.6) is 11.5 Å². The monoisotopic (exact) mass is 681 g/mol. The molecule has 0 bridgehead atoms. The summed E-state index contributed by atoms with van der Waals surface area (Å²) in [7, 11) is 3.36. The summed E-state index contributed by atoms with van der Waals surface area (Å²) >= 11 is 0. The van der Waals surface area contributed by atoms with E-state index in [2.05, 4.69) is 16.0 Å². The maximum atomic E-state index is 14.4. The SMILES string of the molecule is COc1ccc(NC(=O)Nc2ccc3c(c2)C(=O)N([C@H](C)CO)C[C@H](C)[C@H](CN(C)C(=O)NC2CCCCC2)OCCCC[C@@H](C)O3)cc1. The average Bonchev–Trinajstić information content (AvgIpc) is 3.10. The minimum Gasteiger partial charge on any atom is -0.497 e. The van der Waals surface area contributed by atoms with Crippen LogP contribution in [0.4, 0.5) is 21.0 Å². The van der Waals surface area contributed by atoms with Crippen molar-refractivity contribution in [3.8, 4) is 11.5 Å². The van der Waals surface area contributed by atoms with E-state index in [1.165, 1.54) is 6.42 Å². The van der Waals surface area contributed by atoms with Crippen LogP contribution in [0.25, 0.3) is 0 Å². The largest absolute Gasteiger partial charge is 0.497 e. The number of hydrogen-bond acceptors (Lipinski definition) is 7. The van der Waals surface area contributed by atoms with E-state index in [9.17, 15) is 19.5 Å². The van der Waals surface area contributed by atoms with E-state index in [1.54, 1.807) is 73.3 Å². The van der Waals surface area contributed by atoms with Gasteiger partial charge in [0.05, 0.1) is 37.5 Å². The first-order chi connectivity index (χ1) is 23.6. The van der Waals surface area contributed by atoms with E-state index < -0.39 is 12.1 Å². The maximum absolute atomic E-state index is 14.4. The second-order valence-corrected chi connectivity index (χ2v) is 13.5. The molecule has 12 heteroatoms. The Labute approximate surface area is 290 Å². The van der Waals surface area contributed by atoms with Crippen LogP contribution >= 0.6 is 0 Å². The summed E-state index contributed by atoms with van der Waals surface area (Å²) < 4.78 is 17.9. The van der Waals surface area contributed by atoms with Gasteiger partial charge < -0.3 is 45.1 Å². The highest BCUT2D eigenvalue weighted by molar-refractivity contribution is 6.02. The fraction of sp³-hybridized carbons (Fsp3) is 0.595. The van der Waals surface area contributed by atoms with Crippen LogP contribution in [0.2, 0.25) is 0 Å². The summed E-state index contributed by atoms with van der Waals surface area (Å²) in [5, 5.41) is 19.0. The van der Waals surface area contributed by atoms with Crippen LogP contribution in [-0.4, -0.2) is 97.6 Å². The van der Waals surface area contributed by atoms with Crippen LogP contribution in [-0.2, 0) is 4.74 Å². The standard InChI is InChI=1S/C37H55N5O7/c1-25-22-42(26(2)24-43)35(44)32-21-30(39-36(45)38-29-14-17-31(47-5)18-15-29)16-19-33(32)49-27(3)11-9-10-20-48-34(25)23-41(4)37(46)40-28-12-7-6-8-13-28/h14-19,21,25-28,34,43H,6-13,20,22-24H2,1-5H3,(H,40,46)(H2,38,39,45)/t25-,26+,27+,34-/m0/s1. The fourth-order valence-corrected chi connectivity index (χ4v) is 6.32. The molecule has 1 heterocycles. The highest BCUT2D eigenvalue weighted by Crippen LogP contribution is 2.29. The molecule has 0 radical (unpaired) electrons. The number of anilines is 2. The first kappa shape index (κ1) is 37.8. The van der Waals surface area contributed by atoms with Crippen LogP contribution in [0.1, 0.15) is 82.5 Å². The van der Waals surface area contributed by atoms with Crippen molar-refractivity contribution in [2.24, 2.45) is 5.92 Å². The van der Waals surface area contributed by atoms with Gasteiger partial charge in [0.2, 0.25) is 0 Å². The Morgan fingerprint density at radius 1 is 1.00 bits per heavy atom. The Morgan fingerprint density at radius 3 is 2.37 bits per heavy atom. The second kappa shape index (κ2) is 18.7. The number of amides is 5.